The Labute approximate surface area is 101 Å². The molecule has 92 valence electrons. The largest absolute Gasteiger partial charge is 0.479 e. The van der Waals surface area contributed by atoms with Crippen LogP contribution in [0.15, 0.2) is 18.2 Å². The number of nitrogens with two attached hydrogens (primary N) is 1. The molecule has 1 aliphatic carbocycles. The second-order valence-corrected chi connectivity index (χ2v) is 4.25. The van der Waals surface area contributed by atoms with Crippen molar-refractivity contribution in [2.75, 3.05) is 7.11 Å². The predicted molar refractivity (Wildman–Crippen MR) is 63.8 cm³/mol. The minimum atomic E-state index is -0.594. The van der Waals surface area contributed by atoms with Crippen molar-refractivity contribution < 1.29 is 14.3 Å². The molecule has 0 bridgehead atoms. The Morgan fingerprint density at radius 2 is 2.29 bits per heavy atom. The Bertz CT molecular complexity index is 431. The highest BCUT2D eigenvalue weighted by Crippen LogP contribution is 2.35. The van der Waals surface area contributed by atoms with Crippen molar-refractivity contribution >= 4 is 5.97 Å². The van der Waals surface area contributed by atoms with E-state index in [0.717, 1.165) is 29.7 Å². The Hall–Kier alpha value is -1.55. The van der Waals surface area contributed by atoms with Crippen LogP contribution < -0.4 is 10.5 Å². The molecular formula is C13H17NO3. The summed E-state index contributed by atoms with van der Waals surface area (Å²) >= 11 is 0. The fourth-order valence-electron chi connectivity index (χ4n) is 2.17. The molecule has 2 unspecified atom stereocenters. The van der Waals surface area contributed by atoms with Gasteiger partial charge in [-0.2, -0.15) is 0 Å². The molecule has 0 aliphatic heterocycles. The van der Waals surface area contributed by atoms with Gasteiger partial charge < -0.3 is 15.2 Å². The van der Waals surface area contributed by atoms with E-state index in [2.05, 4.69) is 4.74 Å². The first-order valence-corrected chi connectivity index (χ1v) is 5.75. The van der Waals surface area contributed by atoms with Crippen molar-refractivity contribution in [1.82, 2.24) is 0 Å². The number of rotatable bonds is 3. The average Bonchev–Trinajstić information content (AvgIpc) is 2.71. The molecule has 0 amide bonds. The Morgan fingerprint density at radius 3 is 3.00 bits per heavy atom. The summed E-state index contributed by atoms with van der Waals surface area (Å²) in [6.07, 6.45) is 1.24. The smallest absolute Gasteiger partial charge is 0.346 e. The highest BCUT2D eigenvalue weighted by Gasteiger charge is 2.24. The summed E-state index contributed by atoms with van der Waals surface area (Å²) in [5.41, 5.74) is 8.23. The third kappa shape index (κ3) is 2.26. The van der Waals surface area contributed by atoms with E-state index in [9.17, 15) is 4.79 Å². The van der Waals surface area contributed by atoms with Gasteiger partial charge in [0.1, 0.15) is 5.75 Å². The minimum absolute atomic E-state index is 0.0852. The maximum absolute atomic E-state index is 11.3. The lowest BCUT2D eigenvalue weighted by Crippen LogP contribution is -2.25. The lowest BCUT2D eigenvalue weighted by atomic mass is 10.1. The standard InChI is InChI=1S/C13H17NO3/c1-8(13(15)16-2)17-12-5-3-4-9-10(12)6-7-11(9)14/h3-5,8,11H,6-7,14H2,1-2H3. The second-order valence-electron chi connectivity index (χ2n) is 4.25. The van der Waals surface area contributed by atoms with E-state index in [1.54, 1.807) is 6.92 Å². The van der Waals surface area contributed by atoms with Gasteiger partial charge >= 0.3 is 5.97 Å². The number of hydrogen-bond acceptors (Lipinski definition) is 4. The molecule has 0 fully saturated rings. The summed E-state index contributed by atoms with van der Waals surface area (Å²) in [7, 11) is 1.35. The van der Waals surface area contributed by atoms with E-state index >= 15 is 0 Å². The van der Waals surface area contributed by atoms with Gasteiger partial charge in [-0.25, -0.2) is 4.79 Å². The van der Waals surface area contributed by atoms with Gasteiger partial charge in [-0.05, 0) is 37.0 Å². The Kier molecular flexibility index (Phi) is 3.33. The van der Waals surface area contributed by atoms with Gasteiger partial charge in [0.15, 0.2) is 6.10 Å². The zero-order valence-electron chi connectivity index (χ0n) is 10.1. The molecule has 4 nitrogen and oxygen atoms in total. The number of ether oxygens (including phenoxy) is 2. The first-order chi connectivity index (χ1) is 8.13. The number of carbonyl (C=O) groups is 1. The van der Waals surface area contributed by atoms with E-state index in [4.69, 9.17) is 10.5 Å². The summed E-state index contributed by atoms with van der Waals surface area (Å²) in [6, 6.07) is 5.88. The molecule has 0 heterocycles. The molecule has 0 spiro atoms. The molecule has 1 aromatic rings. The quantitative estimate of drug-likeness (QED) is 0.808. The number of benzene rings is 1. The number of hydrogen-bond donors (Lipinski definition) is 1. The molecule has 0 saturated carbocycles. The lowest BCUT2D eigenvalue weighted by Gasteiger charge is -2.15. The fraction of sp³-hybridized carbons (Fsp3) is 0.462. The number of fused-ring (bicyclic) bond motifs is 1. The van der Waals surface area contributed by atoms with Crippen LogP contribution in [-0.2, 0) is 16.0 Å². The maximum atomic E-state index is 11.3. The Morgan fingerprint density at radius 1 is 1.53 bits per heavy atom. The molecule has 2 N–H and O–H groups in total. The SMILES string of the molecule is COC(=O)C(C)Oc1cccc2c1CCC2N. The molecular weight excluding hydrogens is 218 g/mol. The zero-order chi connectivity index (χ0) is 12.4. The summed E-state index contributed by atoms with van der Waals surface area (Å²) in [4.78, 5) is 11.3. The molecule has 1 aromatic carbocycles. The van der Waals surface area contributed by atoms with Crippen molar-refractivity contribution in [3.05, 3.63) is 29.3 Å². The molecule has 0 aromatic heterocycles. The third-order valence-electron chi connectivity index (χ3n) is 3.11. The monoisotopic (exact) mass is 235 g/mol. The van der Waals surface area contributed by atoms with E-state index < -0.39 is 6.10 Å². The van der Waals surface area contributed by atoms with Crippen molar-refractivity contribution in [3.8, 4) is 5.75 Å². The highest BCUT2D eigenvalue weighted by atomic mass is 16.6. The van der Waals surface area contributed by atoms with Crippen LogP contribution in [-0.4, -0.2) is 19.2 Å². The van der Waals surface area contributed by atoms with Crippen LogP contribution in [0.2, 0.25) is 0 Å². The van der Waals surface area contributed by atoms with Gasteiger partial charge in [0.25, 0.3) is 0 Å². The topological polar surface area (TPSA) is 61.5 Å². The number of esters is 1. The fourth-order valence-corrected chi connectivity index (χ4v) is 2.17. The van der Waals surface area contributed by atoms with Crippen LogP contribution in [0.3, 0.4) is 0 Å². The van der Waals surface area contributed by atoms with Crippen LogP contribution >= 0.6 is 0 Å². The van der Waals surface area contributed by atoms with Gasteiger partial charge in [0, 0.05) is 6.04 Å². The molecule has 1 aliphatic rings. The maximum Gasteiger partial charge on any atom is 0.346 e. The number of carbonyl (C=O) groups excluding carboxylic acids is 1. The van der Waals surface area contributed by atoms with Crippen LogP contribution in [0.4, 0.5) is 0 Å². The van der Waals surface area contributed by atoms with Crippen molar-refractivity contribution in [3.63, 3.8) is 0 Å². The second kappa shape index (κ2) is 4.75. The van der Waals surface area contributed by atoms with Crippen LogP contribution in [0, 0.1) is 0 Å². The van der Waals surface area contributed by atoms with Gasteiger partial charge in [0.05, 0.1) is 7.11 Å². The normalized spacial score (nSPS) is 19.6. The summed E-state index contributed by atoms with van der Waals surface area (Å²) in [6.45, 7) is 1.68. The number of methoxy groups -OCH3 is 1. The summed E-state index contributed by atoms with van der Waals surface area (Å²) < 4.78 is 10.3. The van der Waals surface area contributed by atoms with Gasteiger partial charge in [0.2, 0.25) is 0 Å². The first-order valence-electron chi connectivity index (χ1n) is 5.75. The third-order valence-corrected chi connectivity index (χ3v) is 3.11. The van der Waals surface area contributed by atoms with Crippen molar-refractivity contribution in [1.29, 1.82) is 0 Å². The minimum Gasteiger partial charge on any atom is -0.479 e. The van der Waals surface area contributed by atoms with E-state index in [0.29, 0.717) is 0 Å². The van der Waals surface area contributed by atoms with E-state index in [1.165, 1.54) is 7.11 Å². The molecule has 17 heavy (non-hydrogen) atoms. The molecule has 0 radical (unpaired) electrons. The van der Waals surface area contributed by atoms with Gasteiger partial charge in [-0.3, -0.25) is 0 Å². The van der Waals surface area contributed by atoms with E-state index in [-0.39, 0.29) is 12.0 Å². The lowest BCUT2D eigenvalue weighted by molar-refractivity contribution is -0.147. The summed E-state index contributed by atoms with van der Waals surface area (Å²) in [5.74, 6) is 0.373. The predicted octanol–water partition coefficient (Wildman–Crippen LogP) is 1.57. The van der Waals surface area contributed by atoms with E-state index in [1.807, 2.05) is 18.2 Å². The first kappa shape index (κ1) is 11.9. The van der Waals surface area contributed by atoms with Crippen LogP contribution in [0.1, 0.15) is 30.5 Å². The van der Waals surface area contributed by atoms with Crippen LogP contribution in [0.5, 0.6) is 5.75 Å². The summed E-state index contributed by atoms with van der Waals surface area (Å²) in [5, 5.41) is 0. The van der Waals surface area contributed by atoms with Crippen molar-refractivity contribution in [2.45, 2.75) is 31.9 Å². The van der Waals surface area contributed by atoms with Gasteiger partial charge in [-0.1, -0.05) is 12.1 Å². The van der Waals surface area contributed by atoms with Gasteiger partial charge in [-0.15, -0.1) is 0 Å². The molecule has 4 heteroatoms. The Balaban J connectivity index is 2.20. The zero-order valence-corrected chi connectivity index (χ0v) is 10.1. The molecule has 0 saturated heterocycles. The molecule has 2 rings (SSSR count). The average molecular weight is 235 g/mol. The van der Waals surface area contributed by atoms with Crippen molar-refractivity contribution in [2.24, 2.45) is 5.73 Å². The molecule has 2 atom stereocenters. The van der Waals surface area contributed by atoms with Crippen LogP contribution in [0.25, 0.3) is 0 Å². The highest BCUT2D eigenvalue weighted by molar-refractivity contribution is 5.74.